The number of halogens is 1. The first-order chi connectivity index (χ1) is 9.50. The summed E-state index contributed by atoms with van der Waals surface area (Å²) < 4.78 is 18.0. The Balaban J connectivity index is 2.25. The van der Waals surface area contributed by atoms with Crippen molar-refractivity contribution in [2.75, 3.05) is 6.61 Å². The molecule has 0 spiro atoms. The molecular formula is C15H17FN2O2. The summed E-state index contributed by atoms with van der Waals surface area (Å²) in [6.45, 7) is 3.85. The number of rotatable bonds is 3. The van der Waals surface area contributed by atoms with Gasteiger partial charge >= 0.3 is 5.97 Å². The lowest BCUT2D eigenvalue weighted by Crippen LogP contribution is -2.34. The lowest BCUT2D eigenvalue weighted by atomic mass is 9.80. The predicted molar refractivity (Wildman–Crippen MR) is 71.0 cm³/mol. The Morgan fingerprint density at radius 3 is 2.75 bits per heavy atom. The summed E-state index contributed by atoms with van der Waals surface area (Å²) in [4.78, 5) is 11.8. The van der Waals surface area contributed by atoms with Crippen molar-refractivity contribution in [3.63, 3.8) is 0 Å². The number of nitriles is 1. The van der Waals surface area contributed by atoms with Crippen LogP contribution in [0.1, 0.15) is 31.9 Å². The van der Waals surface area contributed by atoms with Crippen LogP contribution in [-0.4, -0.2) is 18.6 Å². The van der Waals surface area contributed by atoms with E-state index in [-0.39, 0.29) is 17.8 Å². The molecule has 5 heteroatoms. The van der Waals surface area contributed by atoms with E-state index in [4.69, 9.17) is 4.74 Å². The fourth-order valence-electron chi connectivity index (χ4n) is 2.61. The minimum Gasteiger partial charge on any atom is -0.465 e. The number of ether oxygens (including phenoxy) is 1. The smallest absolute Gasteiger partial charge is 0.323 e. The summed E-state index contributed by atoms with van der Waals surface area (Å²) in [5, 5.41) is 12.6. The molecule has 0 saturated carbocycles. The Labute approximate surface area is 117 Å². The zero-order chi connectivity index (χ0) is 14.8. The van der Waals surface area contributed by atoms with Crippen LogP contribution in [0.25, 0.3) is 0 Å². The van der Waals surface area contributed by atoms with Crippen molar-refractivity contribution in [2.24, 2.45) is 5.41 Å². The summed E-state index contributed by atoms with van der Waals surface area (Å²) in [5.41, 5.74) is 0.0668. The van der Waals surface area contributed by atoms with Gasteiger partial charge in [0.25, 0.3) is 0 Å². The van der Waals surface area contributed by atoms with E-state index in [0.717, 1.165) is 5.56 Å². The Morgan fingerprint density at radius 1 is 1.55 bits per heavy atom. The minimum absolute atomic E-state index is 0.307. The fourth-order valence-corrected chi connectivity index (χ4v) is 2.61. The molecule has 0 amide bonds. The number of esters is 1. The van der Waals surface area contributed by atoms with Crippen LogP contribution < -0.4 is 5.32 Å². The Bertz CT molecular complexity index is 538. The molecule has 2 unspecified atom stereocenters. The number of nitrogens with zero attached hydrogens (tertiary/aromatic N) is 1. The van der Waals surface area contributed by atoms with Crippen molar-refractivity contribution in [3.8, 4) is 6.07 Å². The van der Waals surface area contributed by atoms with Gasteiger partial charge in [-0.05, 0) is 38.0 Å². The lowest BCUT2D eigenvalue weighted by Gasteiger charge is -2.23. The number of carbonyl (C=O) groups excluding carboxylic acids is 1. The molecule has 1 aromatic carbocycles. The molecule has 0 aliphatic carbocycles. The summed E-state index contributed by atoms with van der Waals surface area (Å²) in [6.07, 6.45) is 0.379. The first kappa shape index (κ1) is 14.5. The topological polar surface area (TPSA) is 62.1 Å². The van der Waals surface area contributed by atoms with Gasteiger partial charge < -0.3 is 4.74 Å². The van der Waals surface area contributed by atoms with Crippen molar-refractivity contribution in [1.29, 1.82) is 5.26 Å². The highest BCUT2D eigenvalue weighted by atomic mass is 19.1. The quantitative estimate of drug-likeness (QED) is 0.861. The second-order valence-electron chi connectivity index (χ2n) is 5.19. The first-order valence-corrected chi connectivity index (χ1v) is 6.59. The first-order valence-electron chi connectivity index (χ1n) is 6.59. The maximum atomic E-state index is 13.0. The van der Waals surface area contributed by atoms with Gasteiger partial charge in [0.1, 0.15) is 11.9 Å². The normalized spacial score (nSPS) is 28.9. The van der Waals surface area contributed by atoms with Crippen molar-refractivity contribution in [2.45, 2.75) is 32.4 Å². The van der Waals surface area contributed by atoms with E-state index in [9.17, 15) is 14.4 Å². The highest BCUT2D eigenvalue weighted by Gasteiger charge is 2.47. The predicted octanol–water partition coefficient (Wildman–Crippen LogP) is 2.32. The Kier molecular flexibility index (Phi) is 4.05. The van der Waals surface area contributed by atoms with E-state index >= 15 is 0 Å². The van der Waals surface area contributed by atoms with Gasteiger partial charge in [-0.15, -0.1) is 0 Å². The zero-order valence-corrected chi connectivity index (χ0v) is 11.5. The van der Waals surface area contributed by atoms with E-state index in [1.807, 2.05) is 0 Å². The van der Waals surface area contributed by atoms with Crippen LogP contribution in [0.5, 0.6) is 0 Å². The van der Waals surface area contributed by atoms with E-state index in [1.165, 1.54) is 12.1 Å². The van der Waals surface area contributed by atoms with Crippen LogP contribution in [0.2, 0.25) is 0 Å². The standard InChI is InChI=1S/C15H17FN2O2/c1-3-20-14(19)12-8-15(2,9-17)13(18-12)10-4-6-11(16)7-5-10/h4-7,12-13,18H,3,8H2,1-2H3/t12?,13?,15-/m1/s1. The van der Waals surface area contributed by atoms with E-state index in [2.05, 4.69) is 11.4 Å². The third-order valence-electron chi connectivity index (χ3n) is 3.66. The summed E-state index contributed by atoms with van der Waals surface area (Å²) >= 11 is 0. The number of carbonyl (C=O) groups is 1. The summed E-state index contributed by atoms with van der Waals surface area (Å²) in [5.74, 6) is -0.675. The SMILES string of the molecule is CCOC(=O)C1C[C@](C)(C#N)C(c2ccc(F)cc2)N1. The molecule has 1 N–H and O–H groups in total. The lowest BCUT2D eigenvalue weighted by molar-refractivity contribution is -0.145. The van der Waals surface area contributed by atoms with E-state index in [0.29, 0.717) is 13.0 Å². The van der Waals surface area contributed by atoms with Crippen LogP contribution >= 0.6 is 0 Å². The number of benzene rings is 1. The van der Waals surface area contributed by atoms with Crippen molar-refractivity contribution >= 4 is 5.97 Å². The zero-order valence-electron chi connectivity index (χ0n) is 11.5. The molecule has 3 atom stereocenters. The summed E-state index contributed by atoms with van der Waals surface area (Å²) in [6, 6.07) is 7.42. The molecule has 1 aliphatic heterocycles. The third kappa shape index (κ3) is 2.66. The third-order valence-corrected chi connectivity index (χ3v) is 3.66. The van der Waals surface area contributed by atoms with Gasteiger partial charge in [0.2, 0.25) is 0 Å². The average molecular weight is 276 g/mol. The number of nitrogens with one attached hydrogen (secondary N) is 1. The van der Waals surface area contributed by atoms with Gasteiger partial charge in [0.15, 0.2) is 0 Å². The largest absolute Gasteiger partial charge is 0.465 e. The fraction of sp³-hybridized carbons (Fsp3) is 0.467. The van der Waals surface area contributed by atoms with E-state index in [1.54, 1.807) is 26.0 Å². The molecule has 0 aromatic heterocycles. The average Bonchev–Trinajstić information content (AvgIpc) is 2.79. The van der Waals surface area contributed by atoms with Crippen LogP contribution in [0.4, 0.5) is 4.39 Å². The maximum Gasteiger partial charge on any atom is 0.323 e. The van der Waals surface area contributed by atoms with Crippen LogP contribution in [-0.2, 0) is 9.53 Å². The van der Waals surface area contributed by atoms with Crippen LogP contribution in [0.3, 0.4) is 0 Å². The van der Waals surface area contributed by atoms with Gasteiger partial charge in [-0.2, -0.15) is 5.26 Å². The summed E-state index contributed by atoms with van der Waals surface area (Å²) in [7, 11) is 0. The molecular weight excluding hydrogens is 259 g/mol. The second-order valence-corrected chi connectivity index (χ2v) is 5.19. The molecule has 1 saturated heterocycles. The Morgan fingerprint density at radius 2 is 2.20 bits per heavy atom. The van der Waals surface area contributed by atoms with Crippen molar-refractivity contribution in [3.05, 3.63) is 35.6 Å². The monoisotopic (exact) mass is 276 g/mol. The van der Waals surface area contributed by atoms with Gasteiger partial charge in [0, 0.05) is 0 Å². The van der Waals surface area contributed by atoms with Crippen molar-refractivity contribution < 1.29 is 13.9 Å². The van der Waals surface area contributed by atoms with Gasteiger partial charge in [-0.1, -0.05) is 12.1 Å². The molecule has 0 radical (unpaired) electrons. The van der Waals surface area contributed by atoms with Gasteiger partial charge in [0.05, 0.1) is 24.1 Å². The molecule has 1 aromatic rings. The second kappa shape index (κ2) is 5.59. The van der Waals surface area contributed by atoms with E-state index < -0.39 is 11.5 Å². The van der Waals surface area contributed by atoms with Gasteiger partial charge in [-0.3, -0.25) is 10.1 Å². The highest BCUT2D eigenvalue weighted by Crippen LogP contribution is 2.43. The molecule has 1 fully saturated rings. The van der Waals surface area contributed by atoms with Gasteiger partial charge in [-0.25, -0.2) is 4.39 Å². The molecule has 2 rings (SSSR count). The highest BCUT2D eigenvalue weighted by molar-refractivity contribution is 5.76. The van der Waals surface area contributed by atoms with Crippen LogP contribution in [0.15, 0.2) is 24.3 Å². The van der Waals surface area contributed by atoms with Crippen LogP contribution in [0, 0.1) is 22.6 Å². The molecule has 1 heterocycles. The maximum absolute atomic E-state index is 13.0. The molecule has 20 heavy (non-hydrogen) atoms. The number of hydrogen-bond acceptors (Lipinski definition) is 4. The molecule has 0 bridgehead atoms. The molecule has 4 nitrogen and oxygen atoms in total. The molecule has 1 aliphatic rings. The minimum atomic E-state index is -0.727. The molecule has 106 valence electrons. The van der Waals surface area contributed by atoms with Crippen molar-refractivity contribution in [1.82, 2.24) is 5.32 Å². The Hall–Kier alpha value is -1.93. The number of hydrogen-bond donors (Lipinski definition) is 1.